The summed E-state index contributed by atoms with van der Waals surface area (Å²) in [5.74, 6) is 0. The van der Waals surface area contributed by atoms with Gasteiger partial charge in [0.1, 0.15) is 10.0 Å². The molecule has 122 valence electrons. The SMILES string of the molecule is CC(N=Nc1c(Cl)cc(C(F)(F)F)cc1Cl)C1(C)CC1(Cl)Cl. The Morgan fingerprint density at radius 1 is 1.18 bits per heavy atom. The first-order valence-electron chi connectivity index (χ1n) is 6.23. The molecule has 1 fully saturated rings. The van der Waals surface area contributed by atoms with Crippen LogP contribution in [0.15, 0.2) is 22.4 Å². The number of hydrogen-bond donors (Lipinski definition) is 0. The van der Waals surface area contributed by atoms with Gasteiger partial charge in [0.2, 0.25) is 0 Å². The van der Waals surface area contributed by atoms with Crippen molar-refractivity contribution in [3.8, 4) is 0 Å². The van der Waals surface area contributed by atoms with Gasteiger partial charge in [0, 0.05) is 5.41 Å². The Balaban J connectivity index is 2.26. The van der Waals surface area contributed by atoms with Crippen LogP contribution in [-0.2, 0) is 6.18 Å². The Morgan fingerprint density at radius 2 is 1.64 bits per heavy atom. The lowest BCUT2D eigenvalue weighted by atomic mass is 10.0. The molecule has 2 unspecified atom stereocenters. The number of alkyl halides is 5. The van der Waals surface area contributed by atoms with Crippen molar-refractivity contribution in [1.82, 2.24) is 0 Å². The number of rotatable bonds is 3. The van der Waals surface area contributed by atoms with E-state index in [-0.39, 0.29) is 21.8 Å². The van der Waals surface area contributed by atoms with Crippen molar-refractivity contribution in [3.63, 3.8) is 0 Å². The van der Waals surface area contributed by atoms with E-state index in [1.807, 2.05) is 6.92 Å². The van der Waals surface area contributed by atoms with Gasteiger partial charge in [-0.25, -0.2) is 0 Å². The zero-order valence-corrected chi connectivity index (χ0v) is 14.5. The van der Waals surface area contributed by atoms with E-state index in [9.17, 15) is 13.2 Å². The molecular weight excluding hydrogens is 383 g/mol. The zero-order valence-electron chi connectivity index (χ0n) is 11.5. The molecule has 0 spiro atoms. The van der Waals surface area contributed by atoms with Gasteiger partial charge < -0.3 is 0 Å². The lowest BCUT2D eigenvalue weighted by molar-refractivity contribution is -0.137. The summed E-state index contributed by atoms with van der Waals surface area (Å²) in [6.45, 7) is 3.62. The van der Waals surface area contributed by atoms with Gasteiger partial charge in [-0.3, -0.25) is 0 Å². The Bertz CT molecular complexity index is 607. The van der Waals surface area contributed by atoms with Crippen LogP contribution in [0.2, 0.25) is 10.0 Å². The second kappa shape index (κ2) is 5.69. The van der Waals surface area contributed by atoms with Gasteiger partial charge in [0.05, 0.1) is 21.7 Å². The standard InChI is InChI=1S/C13H11Cl4F3N2/c1-6(11(2)5-12(11,16)17)21-22-10-8(14)3-7(4-9(10)15)13(18,19)20/h3-4,6H,5H2,1-2H3. The second-order valence-corrected chi connectivity index (χ2v) is 7.77. The van der Waals surface area contributed by atoms with E-state index in [1.165, 1.54) is 0 Å². The molecule has 22 heavy (non-hydrogen) atoms. The lowest BCUT2D eigenvalue weighted by Gasteiger charge is -2.16. The number of nitrogens with zero attached hydrogens (tertiary/aromatic N) is 2. The molecule has 2 nitrogen and oxygen atoms in total. The summed E-state index contributed by atoms with van der Waals surface area (Å²) in [7, 11) is 0. The summed E-state index contributed by atoms with van der Waals surface area (Å²) < 4.78 is 37.1. The summed E-state index contributed by atoms with van der Waals surface area (Å²) in [5.41, 5.74) is -1.39. The van der Waals surface area contributed by atoms with Crippen LogP contribution in [0.1, 0.15) is 25.8 Å². The smallest absolute Gasteiger partial charge is 0.185 e. The highest BCUT2D eigenvalue weighted by atomic mass is 35.5. The molecular formula is C13H11Cl4F3N2. The van der Waals surface area contributed by atoms with Gasteiger partial charge >= 0.3 is 6.18 Å². The predicted octanol–water partition coefficient (Wildman–Crippen LogP) is 7.07. The number of azo groups is 1. The summed E-state index contributed by atoms with van der Waals surface area (Å²) in [4.78, 5) is 0. The average Bonchev–Trinajstić information content (AvgIpc) is 2.87. The third kappa shape index (κ3) is 3.32. The van der Waals surface area contributed by atoms with Crippen molar-refractivity contribution >= 4 is 52.1 Å². The van der Waals surface area contributed by atoms with Crippen molar-refractivity contribution in [2.45, 2.75) is 36.8 Å². The first kappa shape index (κ1) is 18.1. The summed E-state index contributed by atoms with van der Waals surface area (Å²) >= 11 is 23.7. The molecule has 1 aliphatic carbocycles. The molecule has 0 aromatic heterocycles. The third-order valence-electron chi connectivity index (χ3n) is 3.90. The van der Waals surface area contributed by atoms with Crippen molar-refractivity contribution in [1.29, 1.82) is 0 Å². The Labute approximate surface area is 145 Å². The van der Waals surface area contributed by atoms with Crippen LogP contribution in [0.5, 0.6) is 0 Å². The van der Waals surface area contributed by atoms with Gasteiger partial charge in [-0.05, 0) is 25.5 Å². The highest BCUT2D eigenvalue weighted by molar-refractivity contribution is 6.51. The maximum Gasteiger partial charge on any atom is 0.416 e. The molecule has 0 bridgehead atoms. The molecule has 0 saturated heterocycles. The number of benzene rings is 1. The Morgan fingerprint density at radius 3 is 2.00 bits per heavy atom. The molecule has 2 atom stereocenters. The molecule has 0 aliphatic heterocycles. The maximum atomic E-state index is 12.6. The van der Waals surface area contributed by atoms with Gasteiger partial charge in [0.25, 0.3) is 0 Å². The highest BCUT2D eigenvalue weighted by Crippen LogP contribution is 2.66. The molecule has 0 N–H and O–H groups in total. The van der Waals surface area contributed by atoms with Crippen LogP contribution in [0.25, 0.3) is 0 Å². The molecule has 0 radical (unpaired) electrons. The molecule has 0 heterocycles. The first-order valence-corrected chi connectivity index (χ1v) is 7.74. The van der Waals surface area contributed by atoms with Crippen molar-refractivity contribution in [2.24, 2.45) is 15.6 Å². The maximum absolute atomic E-state index is 12.6. The van der Waals surface area contributed by atoms with Crippen LogP contribution in [-0.4, -0.2) is 10.4 Å². The van der Waals surface area contributed by atoms with E-state index in [4.69, 9.17) is 46.4 Å². The summed E-state index contributed by atoms with van der Waals surface area (Å²) in [5, 5.41) is 7.48. The number of halogens is 7. The average molecular weight is 394 g/mol. The molecule has 2 rings (SSSR count). The van der Waals surface area contributed by atoms with Crippen molar-refractivity contribution in [2.75, 3.05) is 0 Å². The molecule has 0 amide bonds. The summed E-state index contributed by atoms with van der Waals surface area (Å²) in [6, 6.07) is 1.19. The zero-order chi connectivity index (χ0) is 16.9. The van der Waals surface area contributed by atoms with Gasteiger partial charge in [-0.2, -0.15) is 23.4 Å². The second-order valence-electron chi connectivity index (χ2n) is 5.48. The minimum absolute atomic E-state index is 0.0119. The minimum Gasteiger partial charge on any atom is -0.185 e. The first-order chi connectivity index (χ1) is 9.88. The van der Waals surface area contributed by atoms with Crippen molar-refractivity contribution < 1.29 is 13.2 Å². The molecule has 1 aliphatic rings. The van der Waals surface area contributed by atoms with E-state index in [1.54, 1.807) is 6.92 Å². The molecule has 9 heteroatoms. The summed E-state index contributed by atoms with van der Waals surface area (Å²) in [6.07, 6.45) is -3.98. The van der Waals surface area contributed by atoms with Crippen LogP contribution < -0.4 is 0 Å². The molecule has 1 aromatic carbocycles. The normalized spacial score (nSPS) is 25.5. The largest absolute Gasteiger partial charge is 0.416 e. The predicted molar refractivity (Wildman–Crippen MR) is 82.6 cm³/mol. The van der Waals surface area contributed by atoms with Crippen LogP contribution in [0.4, 0.5) is 18.9 Å². The van der Waals surface area contributed by atoms with Crippen molar-refractivity contribution in [3.05, 3.63) is 27.7 Å². The fourth-order valence-electron chi connectivity index (χ4n) is 1.97. The van der Waals surface area contributed by atoms with Crippen LogP contribution in [0, 0.1) is 5.41 Å². The van der Waals surface area contributed by atoms with E-state index < -0.39 is 21.5 Å². The van der Waals surface area contributed by atoms with E-state index >= 15 is 0 Å². The van der Waals surface area contributed by atoms with Gasteiger partial charge in [0.15, 0.2) is 0 Å². The van der Waals surface area contributed by atoms with Crippen LogP contribution in [0.3, 0.4) is 0 Å². The highest BCUT2D eigenvalue weighted by Gasteiger charge is 2.66. The Hall–Kier alpha value is -0.230. The third-order valence-corrected chi connectivity index (χ3v) is 5.60. The minimum atomic E-state index is -4.53. The van der Waals surface area contributed by atoms with E-state index in [2.05, 4.69) is 10.2 Å². The van der Waals surface area contributed by atoms with Crippen LogP contribution >= 0.6 is 46.4 Å². The fourth-order valence-corrected chi connectivity index (χ4v) is 3.40. The number of hydrogen-bond acceptors (Lipinski definition) is 2. The van der Waals surface area contributed by atoms with Gasteiger partial charge in [-0.15, -0.1) is 23.2 Å². The lowest BCUT2D eigenvalue weighted by Crippen LogP contribution is -2.18. The fraction of sp³-hybridized carbons (Fsp3) is 0.538. The monoisotopic (exact) mass is 392 g/mol. The quantitative estimate of drug-likeness (QED) is 0.387. The molecule has 1 saturated carbocycles. The molecule has 1 aromatic rings. The van der Waals surface area contributed by atoms with E-state index in [0.717, 1.165) is 12.1 Å². The Kier molecular flexibility index (Phi) is 4.69. The van der Waals surface area contributed by atoms with E-state index in [0.29, 0.717) is 6.42 Å². The topological polar surface area (TPSA) is 24.7 Å². The van der Waals surface area contributed by atoms with Gasteiger partial charge in [-0.1, -0.05) is 30.1 Å².